The van der Waals surface area contributed by atoms with Crippen LogP contribution in [0.15, 0.2) is 59.7 Å². The first-order valence-electron chi connectivity index (χ1n) is 9.19. The summed E-state index contributed by atoms with van der Waals surface area (Å²) in [6.45, 7) is 5.82. The van der Waals surface area contributed by atoms with Gasteiger partial charge in [-0.25, -0.2) is 10.2 Å². The van der Waals surface area contributed by atoms with Gasteiger partial charge in [0.05, 0.1) is 18.9 Å². The number of hydrogen-bond donors (Lipinski definition) is 1. The molecule has 0 unspecified atom stereocenters. The largest absolute Gasteiger partial charge is 0.465 e. The smallest absolute Gasteiger partial charge is 0.337 e. The Morgan fingerprint density at radius 1 is 1.03 bits per heavy atom. The van der Waals surface area contributed by atoms with Gasteiger partial charge in [0, 0.05) is 28.2 Å². The summed E-state index contributed by atoms with van der Waals surface area (Å²) >= 11 is 0. The number of ether oxygens (including phenoxy) is 1. The lowest BCUT2D eigenvalue weighted by atomic mass is 10.1. The minimum atomic E-state index is -0.380. The molecular formula is C23H23N3O3. The number of hydrogen-bond acceptors (Lipinski definition) is 4. The first-order valence-corrected chi connectivity index (χ1v) is 9.19. The molecule has 0 aliphatic rings. The van der Waals surface area contributed by atoms with Crippen LogP contribution in [0.25, 0.3) is 5.69 Å². The second-order valence-corrected chi connectivity index (χ2v) is 6.72. The molecule has 0 fully saturated rings. The molecule has 0 radical (unpaired) electrons. The predicted molar refractivity (Wildman–Crippen MR) is 113 cm³/mol. The fourth-order valence-corrected chi connectivity index (χ4v) is 3.25. The molecule has 3 aromatic rings. The Labute approximate surface area is 169 Å². The highest BCUT2D eigenvalue weighted by molar-refractivity contribution is 5.96. The van der Waals surface area contributed by atoms with Crippen molar-refractivity contribution in [3.05, 3.63) is 88.2 Å². The summed E-state index contributed by atoms with van der Waals surface area (Å²) < 4.78 is 6.83. The highest BCUT2D eigenvalue weighted by atomic mass is 16.5. The number of carbonyl (C=O) groups excluding carboxylic acids is 2. The molecule has 1 N–H and O–H groups in total. The lowest BCUT2D eigenvalue weighted by Gasteiger charge is -2.11. The van der Waals surface area contributed by atoms with Crippen molar-refractivity contribution in [3.8, 4) is 5.69 Å². The lowest BCUT2D eigenvalue weighted by Crippen LogP contribution is -2.18. The number of carbonyl (C=O) groups is 2. The minimum Gasteiger partial charge on any atom is -0.465 e. The maximum absolute atomic E-state index is 12.3. The molecule has 148 valence electrons. The zero-order valence-corrected chi connectivity index (χ0v) is 16.9. The van der Waals surface area contributed by atoms with Crippen molar-refractivity contribution in [1.82, 2.24) is 9.99 Å². The fraction of sp³-hybridized carbons (Fsp3) is 0.174. The highest BCUT2D eigenvalue weighted by Gasteiger charge is 2.12. The van der Waals surface area contributed by atoms with Crippen LogP contribution in [0.3, 0.4) is 0 Å². The number of amides is 1. The molecule has 6 nitrogen and oxygen atoms in total. The molecule has 3 rings (SSSR count). The Morgan fingerprint density at radius 2 is 1.79 bits per heavy atom. The van der Waals surface area contributed by atoms with Crippen LogP contribution in [0.4, 0.5) is 0 Å². The summed E-state index contributed by atoms with van der Waals surface area (Å²) in [6, 6.07) is 16.6. The molecule has 0 atom stereocenters. The van der Waals surface area contributed by atoms with Crippen molar-refractivity contribution in [2.24, 2.45) is 5.10 Å². The number of rotatable bonds is 5. The van der Waals surface area contributed by atoms with Gasteiger partial charge in [0.2, 0.25) is 0 Å². The average molecular weight is 389 g/mol. The van der Waals surface area contributed by atoms with E-state index in [0.29, 0.717) is 11.1 Å². The molecular weight excluding hydrogens is 366 g/mol. The molecule has 0 saturated heterocycles. The maximum Gasteiger partial charge on any atom is 0.337 e. The van der Waals surface area contributed by atoms with Crippen LogP contribution in [0.1, 0.15) is 43.2 Å². The third-order valence-corrected chi connectivity index (χ3v) is 4.76. The highest BCUT2D eigenvalue weighted by Crippen LogP contribution is 2.21. The van der Waals surface area contributed by atoms with E-state index in [4.69, 9.17) is 4.74 Å². The van der Waals surface area contributed by atoms with Gasteiger partial charge in [-0.2, -0.15) is 5.10 Å². The van der Waals surface area contributed by atoms with Gasteiger partial charge in [0.15, 0.2) is 0 Å². The number of aromatic nitrogens is 1. The van der Waals surface area contributed by atoms with E-state index in [1.807, 2.05) is 61.7 Å². The Hall–Kier alpha value is -3.67. The van der Waals surface area contributed by atoms with Gasteiger partial charge in [-0.05, 0) is 56.7 Å². The van der Waals surface area contributed by atoms with Crippen LogP contribution in [0.2, 0.25) is 0 Å². The summed E-state index contributed by atoms with van der Waals surface area (Å²) in [5.74, 6) is -0.631. The molecule has 29 heavy (non-hydrogen) atoms. The number of methoxy groups -OCH3 is 1. The van der Waals surface area contributed by atoms with E-state index in [1.54, 1.807) is 24.4 Å². The third-order valence-electron chi connectivity index (χ3n) is 4.76. The standard InChI is InChI=1S/C23H23N3O3/c1-15-8-5-6-11-21(15)22(27)25-24-14-19-12-16(2)26(17(19)3)20-10-7-9-18(13-20)23(28)29-4/h5-14H,1-4H3,(H,25,27)/b24-14-. The topological polar surface area (TPSA) is 72.7 Å². The van der Waals surface area contributed by atoms with Crippen LogP contribution in [0.5, 0.6) is 0 Å². The molecule has 1 amide bonds. The number of benzene rings is 2. The van der Waals surface area contributed by atoms with Gasteiger partial charge in [-0.15, -0.1) is 0 Å². The Balaban J connectivity index is 1.83. The summed E-state index contributed by atoms with van der Waals surface area (Å²) in [5, 5.41) is 4.12. The third kappa shape index (κ3) is 4.27. The summed E-state index contributed by atoms with van der Waals surface area (Å²) in [5.41, 5.74) is 8.20. The van der Waals surface area contributed by atoms with E-state index in [1.165, 1.54) is 7.11 Å². The zero-order chi connectivity index (χ0) is 21.0. The molecule has 0 bridgehead atoms. The minimum absolute atomic E-state index is 0.251. The van der Waals surface area contributed by atoms with Gasteiger partial charge in [-0.3, -0.25) is 4.79 Å². The molecule has 0 spiro atoms. The van der Waals surface area contributed by atoms with Crippen LogP contribution in [-0.4, -0.2) is 29.8 Å². The number of nitrogens with zero attached hydrogens (tertiary/aromatic N) is 2. The number of aryl methyl sites for hydroxylation is 2. The lowest BCUT2D eigenvalue weighted by molar-refractivity contribution is 0.0600. The zero-order valence-electron chi connectivity index (χ0n) is 16.9. The fourth-order valence-electron chi connectivity index (χ4n) is 3.25. The van der Waals surface area contributed by atoms with Crippen molar-refractivity contribution >= 4 is 18.1 Å². The van der Waals surface area contributed by atoms with E-state index >= 15 is 0 Å². The van der Waals surface area contributed by atoms with Crippen molar-refractivity contribution in [2.45, 2.75) is 20.8 Å². The quantitative estimate of drug-likeness (QED) is 0.408. The Morgan fingerprint density at radius 3 is 2.52 bits per heavy atom. The van der Waals surface area contributed by atoms with Crippen molar-refractivity contribution < 1.29 is 14.3 Å². The number of hydrazone groups is 1. The molecule has 2 aromatic carbocycles. The molecule has 0 aliphatic carbocycles. The van der Waals surface area contributed by atoms with Crippen LogP contribution in [-0.2, 0) is 4.74 Å². The van der Waals surface area contributed by atoms with Crippen LogP contribution >= 0.6 is 0 Å². The summed E-state index contributed by atoms with van der Waals surface area (Å²) in [4.78, 5) is 24.1. The van der Waals surface area contributed by atoms with Crippen molar-refractivity contribution in [1.29, 1.82) is 0 Å². The van der Waals surface area contributed by atoms with E-state index < -0.39 is 0 Å². The Bertz CT molecular complexity index is 1100. The van der Waals surface area contributed by atoms with E-state index in [2.05, 4.69) is 10.5 Å². The van der Waals surface area contributed by atoms with Crippen LogP contribution < -0.4 is 5.43 Å². The second kappa shape index (κ2) is 8.56. The number of nitrogens with one attached hydrogen (secondary N) is 1. The second-order valence-electron chi connectivity index (χ2n) is 6.72. The van der Waals surface area contributed by atoms with E-state index in [-0.39, 0.29) is 11.9 Å². The molecule has 6 heteroatoms. The van der Waals surface area contributed by atoms with Crippen molar-refractivity contribution in [2.75, 3.05) is 7.11 Å². The molecule has 1 heterocycles. The first kappa shape index (κ1) is 20.1. The first-order chi connectivity index (χ1) is 13.9. The normalized spacial score (nSPS) is 10.9. The van der Waals surface area contributed by atoms with E-state index in [0.717, 1.165) is 28.2 Å². The van der Waals surface area contributed by atoms with Crippen molar-refractivity contribution in [3.63, 3.8) is 0 Å². The van der Waals surface area contributed by atoms with Gasteiger partial charge >= 0.3 is 5.97 Å². The summed E-state index contributed by atoms with van der Waals surface area (Å²) in [6.07, 6.45) is 1.62. The molecule has 0 aliphatic heterocycles. The average Bonchev–Trinajstić information content (AvgIpc) is 3.00. The van der Waals surface area contributed by atoms with Crippen LogP contribution in [0, 0.1) is 20.8 Å². The predicted octanol–water partition coefficient (Wildman–Crippen LogP) is 3.95. The Kier molecular flexibility index (Phi) is 5.93. The summed E-state index contributed by atoms with van der Waals surface area (Å²) in [7, 11) is 1.36. The van der Waals surface area contributed by atoms with Gasteiger partial charge < -0.3 is 9.30 Å². The van der Waals surface area contributed by atoms with Gasteiger partial charge in [0.25, 0.3) is 5.91 Å². The van der Waals surface area contributed by atoms with E-state index in [9.17, 15) is 9.59 Å². The maximum atomic E-state index is 12.3. The molecule has 0 saturated carbocycles. The SMILES string of the molecule is COC(=O)c1cccc(-n2c(C)cc(/C=N\NC(=O)c3ccccc3C)c2C)c1. The number of esters is 1. The molecule has 1 aromatic heterocycles. The monoisotopic (exact) mass is 389 g/mol. The van der Waals surface area contributed by atoms with Gasteiger partial charge in [0.1, 0.15) is 0 Å². The van der Waals surface area contributed by atoms with Gasteiger partial charge in [-0.1, -0.05) is 24.3 Å².